The summed E-state index contributed by atoms with van der Waals surface area (Å²) < 4.78 is 0. The Labute approximate surface area is 123 Å². The number of hydrogen-bond acceptors (Lipinski definition) is 4. The molecule has 0 amide bonds. The Morgan fingerprint density at radius 1 is 1.58 bits per heavy atom. The lowest BCUT2D eigenvalue weighted by Gasteiger charge is -2.16. The predicted molar refractivity (Wildman–Crippen MR) is 83.3 cm³/mol. The third-order valence-corrected chi connectivity index (χ3v) is 3.99. The molecule has 0 fully saturated rings. The Morgan fingerprint density at radius 2 is 2.32 bits per heavy atom. The molecule has 0 bridgehead atoms. The topological polar surface area (TPSA) is 70.6 Å². The van der Waals surface area contributed by atoms with Crippen molar-refractivity contribution < 1.29 is 5.21 Å². The summed E-state index contributed by atoms with van der Waals surface area (Å²) in [7, 11) is 0. The van der Waals surface area contributed by atoms with Gasteiger partial charge in [0.25, 0.3) is 0 Å². The molecule has 1 atom stereocenters. The average Bonchev–Trinajstić information content (AvgIpc) is 2.43. The first-order chi connectivity index (χ1) is 9.12. The van der Waals surface area contributed by atoms with Crippen molar-refractivity contribution in [3.8, 4) is 0 Å². The number of amidine groups is 1. The van der Waals surface area contributed by atoms with E-state index in [1.165, 1.54) is 0 Å². The number of halogens is 1. The van der Waals surface area contributed by atoms with E-state index in [0.29, 0.717) is 23.2 Å². The van der Waals surface area contributed by atoms with Crippen LogP contribution in [0.25, 0.3) is 0 Å². The van der Waals surface area contributed by atoms with Crippen LogP contribution in [0.15, 0.2) is 23.4 Å². The molecule has 1 aromatic carbocycles. The molecule has 0 aliphatic rings. The molecular weight excluding hydrogens is 282 g/mol. The summed E-state index contributed by atoms with van der Waals surface area (Å²) in [6, 6.07) is 5.89. The fraction of sp³-hybridized carbons (Fsp3) is 0.462. The third kappa shape index (κ3) is 4.93. The summed E-state index contributed by atoms with van der Waals surface area (Å²) in [5.41, 5.74) is 7.15. The fourth-order valence-corrected chi connectivity index (χ4v) is 2.69. The second-order valence-corrected chi connectivity index (χ2v) is 5.55. The van der Waals surface area contributed by atoms with Gasteiger partial charge < -0.3 is 16.3 Å². The molecule has 0 saturated heterocycles. The van der Waals surface area contributed by atoms with E-state index in [4.69, 9.17) is 22.5 Å². The van der Waals surface area contributed by atoms with Crippen molar-refractivity contribution in [2.24, 2.45) is 10.9 Å². The normalized spacial score (nSPS) is 13.5. The Hall–Kier alpha value is -0.910. The minimum Gasteiger partial charge on any atom is -0.409 e. The van der Waals surface area contributed by atoms with Crippen molar-refractivity contribution >= 4 is 29.2 Å². The van der Waals surface area contributed by atoms with Gasteiger partial charge in [0.2, 0.25) is 0 Å². The Kier molecular flexibility index (Phi) is 7.05. The number of benzene rings is 1. The average molecular weight is 302 g/mol. The van der Waals surface area contributed by atoms with E-state index in [-0.39, 0.29) is 5.84 Å². The number of nitrogens with one attached hydrogen (secondary N) is 1. The summed E-state index contributed by atoms with van der Waals surface area (Å²) in [5, 5.41) is 15.7. The molecule has 0 aromatic heterocycles. The largest absolute Gasteiger partial charge is 0.409 e. The third-order valence-electron chi connectivity index (χ3n) is 2.90. The molecular formula is C13H20ClN3OS. The molecule has 4 N–H and O–H groups in total. The minimum absolute atomic E-state index is 0.0650. The number of oxime groups is 1. The van der Waals surface area contributed by atoms with Crippen LogP contribution in [0.2, 0.25) is 5.02 Å². The first kappa shape index (κ1) is 16.1. The smallest absolute Gasteiger partial charge is 0.170 e. The van der Waals surface area contributed by atoms with Crippen LogP contribution in [0.4, 0.5) is 0 Å². The maximum absolute atomic E-state index is 8.62. The predicted octanol–water partition coefficient (Wildman–Crippen LogP) is 2.67. The van der Waals surface area contributed by atoms with Gasteiger partial charge >= 0.3 is 0 Å². The monoisotopic (exact) mass is 301 g/mol. The van der Waals surface area contributed by atoms with Crippen LogP contribution in [0.1, 0.15) is 24.5 Å². The highest BCUT2D eigenvalue weighted by molar-refractivity contribution is 7.98. The molecule has 0 aliphatic carbocycles. The van der Waals surface area contributed by atoms with Crippen LogP contribution in [0.5, 0.6) is 0 Å². The van der Waals surface area contributed by atoms with Crippen molar-refractivity contribution in [1.82, 2.24) is 5.32 Å². The van der Waals surface area contributed by atoms with Gasteiger partial charge in [-0.05, 0) is 24.3 Å². The molecule has 6 heteroatoms. The first-order valence-corrected chi connectivity index (χ1v) is 7.88. The zero-order valence-electron chi connectivity index (χ0n) is 11.2. The van der Waals surface area contributed by atoms with E-state index in [1.807, 2.05) is 17.8 Å². The van der Waals surface area contributed by atoms with Crippen LogP contribution in [-0.2, 0) is 6.54 Å². The van der Waals surface area contributed by atoms with Gasteiger partial charge in [-0.2, -0.15) is 11.8 Å². The Morgan fingerprint density at radius 3 is 2.84 bits per heavy atom. The standard InChI is InChI=1S/C13H20ClN3OS/c1-3-11(8-19-2)16-7-10-5-4-9(6-12(10)14)13(15)17-18/h4-6,11,16,18H,3,7-8H2,1-2H3,(H2,15,17). The number of thioether (sulfide) groups is 1. The second-order valence-electron chi connectivity index (χ2n) is 4.23. The highest BCUT2D eigenvalue weighted by Crippen LogP contribution is 2.18. The van der Waals surface area contributed by atoms with Crippen molar-refractivity contribution in [3.05, 3.63) is 34.3 Å². The van der Waals surface area contributed by atoms with Crippen molar-refractivity contribution in [2.45, 2.75) is 25.9 Å². The fourth-order valence-electron chi connectivity index (χ4n) is 1.68. The van der Waals surface area contributed by atoms with Crippen LogP contribution >= 0.6 is 23.4 Å². The molecule has 1 unspecified atom stereocenters. The molecule has 0 spiro atoms. The summed E-state index contributed by atoms with van der Waals surface area (Å²) in [6.07, 6.45) is 3.18. The van der Waals surface area contributed by atoms with Crippen molar-refractivity contribution in [3.63, 3.8) is 0 Å². The highest BCUT2D eigenvalue weighted by Gasteiger charge is 2.08. The lowest BCUT2D eigenvalue weighted by Crippen LogP contribution is -2.30. The maximum atomic E-state index is 8.62. The Bertz CT molecular complexity index is 440. The molecule has 1 aromatic rings. The minimum atomic E-state index is 0.0650. The summed E-state index contributed by atoms with van der Waals surface area (Å²) in [6.45, 7) is 2.88. The van der Waals surface area contributed by atoms with Crippen molar-refractivity contribution in [2.75, 3.05) is 12.0 Å². The van der Waals surface area contributed by atoms with E-state index in [2.05, 4.69) is 23.7 Å². The van der Waals surface area contributed by atoms with Crippen LogP contribution < -0.4 is 11.1 Å². The molecule has 1 rings (SSSR count). The molecule has 4 nitrogen and oxygen atoms in total. The molecule has 19 heavy (non-hydrogen) atoms. The van der Waals surface area contributed by atoms with Crippen LogP contribution in [0.3, 0.4) is 0 Å². The maximum Gasteiger partial charge on any atom is 0.170 e. The van der Waals surface area contributed by atoms with Crippen LogP contribution in [0, 0.1) is 0 Å². The molecule has 0 radical (unpaired) electrons. The lowest BCUT2D eigenvalue weighted by molar-refractivity contribution is 0.318. The lowest BCUT2D eigenvalue weighted by atomic mass is 10.1. The SMILES string of the molecule is CCC(CSC)NCc1ccc(/C(N)=N/O)cc1Cl. The first-order valence-electron chi connectivity index (χ1n) is 6.11. The summed E-state index contributed by atoms with van der Waals surface area (Å²) in [5.74, 6) is 1.14. The quantitative estimate of drug-likeness (QED) is 0.313. The number of nitrogens with zero attached hydrogens (tertiary/aromatic N) is 1. The second kappa shape index (κ2) is 8.30. The van der Waals surface area contributed by atoms with E-state index in [0.717, 1.165) is 17.7 Å². The summed E-state index contributed by atoms with van der Waals surface area (Å²) in [4.78, 5) is 0. The summed E-state index contributed by atoms with van der Waals surface area (Å²) >= 11 is 8.02. The number of rotatable bonds is 7. The van der Waals surface area contributed by atoms with Gasteiger partial charge in [-0.3, -0.25) is 0 Å². The van der Waals surface area contributed by atoms with E-state index < -0.39 is 0 Å². The zero-order valence-corrected chi connectivity index (χ0v) is 12.8. The van der Waals surface area contributed by atoms with E-state index in [1.54, 1.807) is 12.1 Å². The van der Waals surface area contributed by atoms with Crippen molar-refractivity contribution in [1.29, 1.82) is 0 Å². The van der Waals surface area contributed by atoms with Gasteiger partial charge in [0.15, 0.2) is 5.84 Å². The van der Waals surface area contributed by atoms with Gasteiger partial charge in [-0.25, -0.2) is 0 Å². The molecule has 0 saturated carbocycles. The van der Waals surface area contributed by atoms with Gasteiger partial charge in [0, 0.05) is 28.9 Å². The van der Waals surface area contributed by atoms with Gasteiger partial charge in [0.05, 0.1) is 0 Å². The number of nitrogens with two attached hydrogens (primary N) is 1. The van der Waals surface area contributed by atoms with E-state index in [9.17, 15) is 0 Å². The zero-order chi connectivity index (χ0) is 14.3. The Balaban J connectivity index is 2.70. The van der Waals surface area contributed by atoms with Gasteiger partial charge in [-0.15, -0.1) is 0 Å². The van der Waals surface area contributed by atoms with Gasteiger partial charge in [0.1, 0.15) is 0 Å². The van der Waals surface area contributed by atoms with Gasteiger partial charge in [-0.1, -0.05) is 35.8 Å². The van der Waals surface area contributed by atoms with E-state index >= 15 is 0 Å². The van der Waals surface area contributed by atoms with Crippen LogP contribution in [-0.4, -0.2) is 29.1 Å². The molecule has 106 valence electrons. The highest BCUT2D eigenvalue weighted by atomic mass is 35.5. The molecule has 0 heterocycles. The molecule has 0 aliphatic heterocycles. The number of hydrogen-bond donors (Lipinski definition) is 3.